The Labute approximate surface area is 168 Å². The second kappa shape index (κ2) is 8.06. The number of hydrogen-bond donors (Lipinski definition) is 1. The first-order chi connectivity index (χ1) is 14.1. The van der Waals surface area contributed by atoms with Gasteiger partial charge in [-0.15, -0.1) is 0 Å². The van der Waals surface area contributed by atoms with Gasteiger partial charge in [-0.1, -0.05) is 36.4 Å². The van der Waals surface area contributed by atoms with Gasteiger partial charge in [0.15, 0.2) is 0 Å². The summed E-state index contributed by atoms with van der Waals surface area (Å²) in [6.45, 7) is 0.0616. The molecule has 4 rings (SSSR count). The summed E-state index contributed by atoms with van der Waals surface area (Å²) in [7, 11) is 1.67. The topological polar surface area (TPSA) is 67.9 Å². The zero-order chi connectivity index (χ0) is 20.2. The number of likely N-dealkylation sites (N-methyl/N-ethyl adjacent to an activating group) is 1. The Kier molecular flexibility index (Phi) is 5.16. The number of fused-ring (bicyclic) bond motifs is 1. The Balaban J connectivity index is 1.48. The Morgan fingerprint density at radius 1 is 1.00 bits per heavy atom. The molecule has 0 bridgehead atoms. The van der Waals surface area contributed by atoms with Crippen LogP contribution in [0.2, 0.25) is 0 Å². The number of anilines is 1. The summed E-state index contributed by atoms with van der Waals surface area (Å²) in [4.78, 5) is 27.1. The zero-order valence-electron chi connectivity index (χ0n) is 15.9. The van der Waals surface area contributed by atoms with E-state index in [1.165, 1.54) is 4.90 Å². The van der Waals surface area contributed by atoms with Crippen LogP contribution in [0.1, 0.15) is 10.4 Å². The molecule has 0 saturated carbocycles. The van der Waals surface area contributed by atoms with Crippen LogP contribution < -0.4 is 19.7 Å². The first-order valence-corrected chi connectivity index (χ1v) is 9.25. The highest BCUT2D eigenvalue weighted by Gasteiger charge is 2.30. The maximum atomic E-state index is 12.8. The number of amides is 2. The van der Waals surface area contributed by atoms with E-state index in [1.54, 1.807) is 37.4 Å². The molecule has 2 amide bonds. The van der Waals surface area contributed by atoms with Crippen LogP contribution in [0.5, 0.6) is 17.2 Å². The molecular weight excluding hydrogens is 368 g/mol. The molecule has 1 aliphatic heterocycles. The standard InChI is InChI=1S/C23H20N2O4/c1-25-20-12-5-6-13-21(20)28-15-19(23(25)27)24-22(26)16-8-7-11-18(14-16)29-17-9-3-2-4-10-17/h2-14,19H,15H2,1H3,(H,24,26)/t19-/m0/s1. The van der Waals surface area contributed by atoms with Gasteiger partial charge in [-0.2, -0.15) is 0 Å². The summed E-state index contributed by atoms with van der Waals surface area (Å²) in [5.41, 5.74) is 1.07. The molecule has 1 aliphatic rings. The van der Waals surface area contributed by atoms with E-state index in [1.807, 2.05) is 48.5 Å². The smallest absolute Gasteiger partial charge is 0.252 e. The van der Waals surface area contributed by atoms with Crippen molar-refractivity contribution in [2.24, 2.45) is 0 Å². The van der Waals surface area contributed by atoms with Gasteiger partial charge in [-0.25, -0.2) is 0 Å². The third-order valence-electron chi connectivity index (χ3n) is 4.64. The molecule has 6 nitrogen and oxygen atoms in total. The monoisotopic (exact) mass is 388 g/mol. The van der Waals surface area contributed by atoms with Gasteiger partial charge in [0.2, 0.25) is 0 Å². The van der Waals surface area contributed by atoms with Gasteiger partial charge in [0.05, 0.1) is 5.69 Å². The molecule has 0 unspecified atom stereocenters. The number of hydrogen-bond acceptors (Lipinski definition) is 4. The van der Waals surface area contributed by atoms with Crippen molar-refractivity contribution >= 4 is 17.5 Å². The maximum absolute atomic E-state index is 12.8. The normalized spacial score (nSPS) is 15.7. The summed E-state index contributed by atoms with van der Waals surface area (Å²) in [6.07, 6.45) is 0. The lowest BCUT2D eigenvalue weighted by Crippen LogP contribution is -2.49. The second-order valence-corrected chi connectivity index (χ2v) is 6.64. The highest BCUT2D eigenvalue weighted by Crippen LogP contribution is 2.30. The number of para-hydroxylation sites is 3. The molecule has 146 valence electrons. The molecule has 0 fully saturated rings. The maximum Gasteiger partial charge on any atom is 0.252 e. The number of rotatable bonds is 4. The molecule has 0 saturated heterocycles. The molecule has 1 heterocycles. The molecule has 1 atom stereocenters. The largest absolute Gasteiger partial charge is 0.489 e. The second-order valence-electron chi connectivity index (χ2n) is 6.64. The Morgan fingerprint density at radius 2 is 1.72 bits per heavy atom. The molecule has 6 heteroatoms. The van der Waals surface area contributed by atoms with E-state index >= 15 is 0 Å². The van der Waals surface area contributed by atoms with Gasteiger partial charge in [-0.05, 0) is 42.5 Å². The van der Waals surface area contributed by atoms with E-state index in [0.29, 0.717) is 28.5 Å². The Morgan fingerprint density at radius 3 is 2.55 bits per heavy atom. The molecule has 1 N–H and O–H groups in total. The summed E-state index contributed by atoms with van der Waals surface area (Å²) in [5, 5.41) is 2.77. The molecule has 0 radical (unpaired) electrons. The van der Waals surface area contributed by atoms with Gasteiger partial charge >= 0.3 is 0 Å². The third-order valence-corrected chi connectivity index (χ3v) is 4.64. The average Bonchev–Trinajstić information content (AvgIpc) is 2.87. The van der Waals surface area contributed by atoms with E-state index < -0.39 is 6.04 Å². The quantitative estimate of drug-likeness (QED) is 0.741. The van der Waals surface area contributed by atoms with Gasteiger partial charge in [0, 0.05) is 12.6 Å². The molecular formula is C23H20N2O4. The van der Waals surface area contributed by atoms with Crippen LogP contribution in [-0.4, -0.2) is 31.5 Å². The summed E-state index contributed by atoms with van der Waals surface area (Å²) < 4.78 is 11.5. The molecule has 29 heavy (non-hydrogen) atoms. The molecule has 3 aromatic carbocycles. The van der Waals surface area contributed by atoms with Crippen molar-refractivity contribution in [3.63, 3.8) is 0 Å². The van der Waals surface area contributed by atoms with Crippen molar-refractivity contribution in [2.45, 2.75) is 6.04 Å². The summed E-state index contributed by atoms with van der Waals surface area (Å²) >= 11 is 0. The van der Waals surface area contributed by atoms with Crippen LogP contribution >= 0.6 is 0 Å². The van der Waals surface area contributed by atoms with Crippen molar-refractivity contribution in [2.75, 3.05) is 18.6 Å². The van der Waals surface area contributed by atoms with E-state index in [0.717, 1.165) is 0 Å². The van der Waals surface area contributed by atoms with Crippen LogP contribution in [0.4, 0.5) is 5.69 Å². The lowest BCUT2D eigenvalue weighted by Gasteiger charge is -2.20. The number of carbonyl (C=O) groups is 2. The van der Waals surface area contributed by atoms with Gasteiger partial charge < -0.3 is 19.7 Å². The fourth-order valence-corrected chi connectivity index (χ4v) is 3.12. The van der Waals surface area contributed by atoms with Crippen LogP contribution in [0.3, 0.4) is 0 Å². The predicted octanol–water partition coefficient (Wildman–Crippen LogP) is 3.63. The minimum atomic E-state index is -0.793. The van der Waals surface area contributed by atoms with Crippen LogP contribution in [0, 0.1) is 0 Å². The van der Waals surface area contributed by atoms with Gasteiger partial charge in [0.1, 0.15) is 29.9 Å². The van der Waals surface area contributed by atoms with Crippen molar-refractivity contribution in [1.29, 1.82) is 0 Å². The zero-order valence-corrected chi connectivity index (χ0v) is 15.9. The Hall–Kier alpha value is -3.80. The van der Waals surface area contributed by atoms with Crippen molar-refractivity contribution in [3.05, 3.63) is 84.4 Å². The predicted molar refractivity (Wildman–Crippen MR) is 110 cm³/mol. The van der Waals surface area contributed by atoms with Crippen LogP contribution in [0.25, 0.3) is 0 Å². The lowest BCUT2D eigenvalue weighted by molar-refractivity contribution is -0.120. The van der Waals surface area contributed by atoms with Gasteiger partial charge in [0.25, 0.3) is 11.8 Å². The van der Waals surface area contributed by atoms with Crippen molar-refractivity contribution in [1.82, 2.24) is 5.32 Å². The first-order valence-electron chi connectivity index (χ1n) is 9.25. The average molecular weight is 388 g/mol. The van der Waals surface area contributed by atoms with E-state index in [9.17, 15) is 9.59 Å². The van der Waals surface area contributed by atoms with E-state index in [4.69, 9.17) is 9.47 Å². The lowest BCUT2D eigenvalue weighted by atomic mass is 10.1. The third kappa shape index (κ3) is 4.06. The van der Waals surface area contributed by atoms with Crippen LogP contribution in [0.15, 0.2) is 78.9 Å². The summed E-state index contributed by atoms with van der Waals surface area (Å²) in [5.74, 6) is 1.22. The minimum absolute atomic E-state index is 0.0616. The SMILES string of the molecule is CN1C(=O)[C@@H](NC(=O)c2cccc(Oc3ccccc3)c2)COc2ccccc21. The molecule has 0 spiro atoms. The number of ether oxygens (including phenoxy) is 2. The number of benzene rings is 3. The highest BCUT2D eigenvalue weighted by atomic mass is 16.5. The number of nitrogens with one attached hydrogen (secondary N) is 1. The van der Waals surface area contributed by atoms with Gasteiger partial charge in [-0.3, -0.25) is 9.59 Å². The highest BCUT2D eigenvalue weighted by molar-refractivity contribution is 6.03. The molecule has 3 aromatic rings. The molecule has 0 aromatic heterocycles. The fourth-order valence-electron chi connectivity index (χ4n) is 3.12. The first kappa shape index (κ1) is 18.6. The Bertz CT molecular complexity index is 1040. The van der Waals surface area contributed by atoms with E-state index in [2.05, 4.69) is 5.32 Å². The number of nitrogens with zero attached hydrogens (tertiary/aromatic N) is 1. The van der Waals surface area contributed by atoms with Crippen molar-refractivity contribution in [3.8, 4) is 17.2 Å². The summed E-state index contributed by atoms with van der Waals surface area (Å²) in [6, 6.07) is 22.6. The number of carbonyl (C=O) groups excluding carboxylic acids is 2. The van der Waals surface area contributed by atoms with E-state index in [-0.39, 0.29) is 18.4 Å². The van der Waals surface area contributed by atoms with Crippen LogP contribution in [-0.2, 0) is 4.79 Å². The fraction of sp³-hybridized carbons (Fsp3) is 0.130. The van der Waals surface area contributed by atoms with Crippen molar-refractivity contribution < 1.29 is 19.1 Å². The minimum Gasteiger partial charge on any atom is -0.489 e. The molecule has 0 aliphatic carbocycles.